The van der Waals surface area contributed by atoms with E-state index >= 15 is 0 Å². The van der Waals surface area contributed by atoms with Crippen LogP contribution in [0.1, 0.15) is 12.5 Å². The van der Waals surface area contributed by atoms with E-state index in [2.05, 4.69) is 21.2 Å². The number of ether oxygens (including phenoxy) is 2. The molecule has 1 amide bonds. The fourth-order valence-corrected chi connectivity index (χ4v) is 2.59. The van der Waals surface area contributed by atoms with E-state index in [0.717, 1.165) is 0 Å². The molecule has 0 aliphatic heterocycles. The molecule has 5 nitrogen and oxygen atoms in total. The highest BCUT2D eigenvalue weighted by molar-refractivity contribution is 9.10. The number of amides is 1. The molecular weight excluding hydrogens is 429 g/mol. The van der Waals surface area contributed by atoms with Crippen LogP contribution >= 0.6 is 27.5 Å². The van der Waals surface area contributed by atoms with Gasteiger partial charge in [-0.1, -0.05) is 33.6 Å². The number of anilines is 1. The zero-order valence-electron chi connectivity index (χ0n) is 13.9. The lowest BCUT2D eigenvalue weighted by atomic mass is 10.1. The first-order valence-corrected chi connectivity index (χ1v) is 8.88. The van der Waals surface area contributed by atoms with Crippen LogP contribution in [0.3, 0.4) is 0 Å². The summed E-state index contributed by atoms with van der Waals surface area (Å²) in [6, 6.07) is 9.05. The van der Waals surface area contributed by atoms with Gasteiger partial charge in [-0.25, -0.2) is 9.18 Å². The molecule has 26 heavy (non-hydrogen) atoms. The second-order valence-electron chi connectivity index (χ2n) is 5.19. The Labute approximate surface area is 163 Å². The number of hydrogen-bond acceptors (Lipinski definition) is 4. The molecule has 0 radical (unpaired) electrons. The summed E-state index contributed by atoms with van der Waals surface area (Å²) in [5, 5.41) is 3.01. The SMILES string of the molecule is CCOC(=O)COc1cc(Cl)ccc1NC(=O)Cc1ccc(Br)cc1F. The monoisotopic (exact) mass is 443 g/mol. The Morgan fingerprint density at radius 2 is 2.00 bits per heavy atom. The van der Waals surface area contributed by atoms with Gasteiger partial charge in [-0.3, -0.25) is 4.79 Å². The maximum Gasteiger partial charge on any atom is 0.344 e. The minimum absolute atomic E-state index is 0.154. The summed E-state index contributed by atoms with van der Waals surface area (Å²) in [6.07, 6.45) is -0.154. The van der Waals surface area contributed by atoms with Crippen LogP contribution < -0.4 is 10.1 Å². The molecule has 8 heteroatoms. The molecule has 2 rings (SSSR count). The minimum Gasteiger partial charge on any atom is -0.480 e. The normalized spacial score (nSPS) is 10.3. The molecule has 2 aromatic carbocycles. The number of rotatable bonds is 7. The first-order chi connectivity index (χ1) is 12.4. The zero-order chi connectivity index (χ0) is 19.1. The van der Waals surface area contributed by atoms with Gasteiger partial charge in [0.25, 0.3) is 0 Å². The van der Waals surface area contributed by atoms with E-state index in [0.29, 0.717) is 15.2 Å². The third-order valence-electron chi connectivity index (χ3n) is 3.23. The maximum atomic E-state index is 13.9. The molecule has 0 atom stereocenters. The van der Waals surface area contributed by atoms with E-state index in [1.165, 1.54) is 18.2 Å². The number of carbonyl (C=O) groups excluding carboxylic acids is 2. The fraction of sp³-hybridized carbons (Fsp3) is 0.222. The first kappa shape index (κ1) is 20.2. The summed E-state index contributed by atoms with van der Waals surface area (Å²) in [6.45, 7) is 1.60. The summed E-state index contributed by atoms with van der Waals surface area (Å²) in [5.74, 6) is -1.24. The van der Waals surface area contributed by atoms with Gasteiger partial charge in [-0.15, -0.1) is 0 Å². The van der Waals surface area contributed by atoms with Crippen molar-refractivity contribution in [2.45, 2.75) is 13.3 Å². The Morgan fingerprint density at radius 3 is 2.69 bits per heavy atom. The van der Waals surface area contributed by atoms with Crippen LogP contribution in [0.5, 0.6) is 5.75 Å². The highest BCUT2D eigenvalue weighted by atomic mass is 79.9. The number of benzene rings is 2. The number of nitrogens with one attached hydrogen (secondary N) is 1. The van der Waals surface area contributed by atoms with Crippen LogP contribution in [-0.2, 0) is 20.7 Å². The number of hydrogen-bond donors (Lipinski definition) is 1. The van der Waals surface area contributed by atoms with Gasteiger partial charge in [0.15, 0.2) is 6.61 Å². The van der Waals surface area contributed by atoms with Gasteiger partial charge in [0, 0.05) is 15.6 Å². The Bertz CT molecular complexity index is 816. The van der Waals surface area contributed by atoms with E-state index in [4.69, 9.17) is 21.1 Å². The average molecular weight is 445 g/mol. The first-order valence-electron chi connectivity index (χ1n) is 7.70. The Balaban J connectivity index is 2.07. The van der Waals surface area contributed by atoms with Crippen molar-refractivity contribution in [3.63, 3.8) is 0 Å². The number of esters is 1. The predicted molar refractivity (Wildman–Crippen MR) is 100 cm³/mol. The van der Waals surface area contributed by atoms with Crippen molar-refractivity contribution in [1.29, 1.82) is 0 Å². The summed E-state index contributed by atoms with van der Waals surface area (Å²) < 4.78 is 24.6. The van der Waals surface area contributed by atoms with E-state index in [-0.39, 0.29) is 30.9 Å². The highest BCUT2D eigenvalue weighted by Crippen LogP contribution is 2.28. The van der Waals surface area contributed by atoms with Crippen LogP contribution in [0.15, 0.2) is 40.9 Å². The van der Waals surface area contributed by atoms with E-state index in [1.807, 2.05) is 0 Å². The van der Waals surface area contributed by atoms with Crippen LogP contribution in [0.2, 0.25) is 5.02 Å². The van der Waals surface area contributed by atoms with Crippen molar-refractivity contribution in [1.82, 2.24) is 0 Å². The molecule has 2 aromatic rings. The third kappa shape index (κ3) is 6.00. The molecule has 0 aromatic heterocycles. The van der Waals surface area contributed by atoms with Crippen molar-refractivity contribution in [3.8, 4) is 5.75 Å². The summed E-state index contributed by atoms with van der Waals surface area (Å²) >= 11 is 9.10. The van der Waals surface area contributed by atoms with Crippen LogP contribution in [0, 0.1) is 5.82 Å². The lowest BCUT2D eigenvalue weighted by molar-refractivity contribution is -0.145. The van der Waals surface area contributed by atoms with Crippen molar-refractivity contribution < 1.29 is 23.5 Å². The molecule has 0 saturated carbocycles. The lowest BCUT2D eigenvalue weighted by Crippen LogP contribution is -2.18. The van der Waals surface area contributed by atoms with Gasteiger partial charge in [-0.2, -0.15) is 0 Å². The standard InChI is InChI=1S/C18H16BrClFNO4/c1-2-25-18(24)10-26-16-9-13(20)5-6-15(16)22-17(23)7-11-3-4-12(19)8-14(11)21/h3-6,8-9H,2,7,10H2,1H3,(H,22,23). The van der Waals surface area contributed by atoms with Crippen LogP contribution in [-0.4, -0.2) is 25.1 Å². The van der Waals surface area contributed by atoms with Gasteiger partial charge < -0.3 is 14.8 Å². The summed E-state index contributed by atoms with van der Waals surface area (Å²) in [7, 11) is 0. The molecule has 0 fully saturated rings. The second-order valence-corrected chi connectivity index (χ2v) is 6.55. The number of carbonyl (C=O) groups is 2. The maximum absolute atomic E-state index is 13.9. The average Bonchev–Trinajstić information content (AvgIpc) is 2.58. The topological polar surface area (TPSA) is 64.6 Å². The molecule has 0 aliphatic rings. The van der Waals surface area contributed by atoms with Crippen molar-refractivity contribution in [2.24, 2.45) is 0 Å². The molecule has 138 valence electrons. The zero-order valence-corrected chi connectivity index (χ0v) is 16.2. The largest absolute Gasteiger partial charge is 0.480 e. The Hall–Kier alpha value is -2.12. The molecule has 0 bridgehead atoms. The third-order valence-corrected chi connectivity index (χ3v) is 3.96. The Morgan fingerprint density at radius 1 is 1.23 bits per heavy atom. The van der Waals surface area contributed by atoms with E-state index in [9.17, 15) is 14.0 Å². The molecular formula is C18H16BrClFNO4. The van der Waals surface area contributed by atoms with Crippen LogP contribution in [0.25, 0.3) is 0 Å². The highest BCUT2D eigenvalue weighted by Gasteiger charge is 2.13. The quantitative estimate of drug-likeness (QED) is 0.644. The van der Waals surface area contributed by atoms with Gasteiger partial charge in [-0.05, 0) is 36.8 Å². The molecule has 1 N–H and O–H groups in total. The van der Waals surface area contributed by atoms with Crippen molar-refractivity contribution in [2.75, 3.05) is 18.5 Å². The molecule has 0 heterocycles. The fourth-order valence-electron chi connectivity index (χ4n) is 2.09. The smallest absolute Gasteiger partial charge is 0.344 e. The summed E-state index contributed by atoms with van der Waals surface area (Å²) in [4.78, 5) is 23.7. The van der Waals surface area contributed by atoms with Gasteiger partial charge in [0.2, 0.25) is 5.91 Å². The molecule has 0 spiro atoms. The van der Waals surface area contributed by atoms with E-state index in [1.54, 1.807) is 25.1 Å². The minimum atomic E-state index is -0.540. The number of halogens is 3. The van der Waals surface area contributed by atoms with Crippen molar-refractivity contribution in [3.05, 3.63) is 57.3 Å². The van der Waals surface area contributed by atoms with Crippen LogP contribution in [0.4, 0.5) is 10.1 Å². The van der Waals surface area contributed by atoms with Gasteiger partial charge in [0.05, 0.1) is 18.7 Å². The molecule has 0 unspecified atom stereocenters. The molecule has 0 aliphatic carbocycles. The van der Waals surface area contributed by atoms with Gasteiger partial charge >= 0.3 is 5.97 Å². The van der Waals surface area contributed by atoms with E-state index < -0.39 is 17.7 Å². The lowest BCUT2D eigenvalue weighted by Gasteiger charge is -2.13. The second kappa shape index (κ2) is 9.54. The molecule has 0 saturated heterocycles. The van der Waals surface area contributed by atoms with Gasteiger partial charge in [0.1, 0.15) is 11.6 Å². The van der Waals surface area contributed by atoms with Crippen molar-refractivity contribution >= 4 is 45.1 Å². The Kier molecular flexibility index (Phi) is 7.41. The summed E-state index contributed by atoms with van der Waals surface area (Å²) in [5.41, 5.74) is 0.579. The predicted octanol–water partition coefficient (Wildman–Crippen LogP) is 4.36.